The van der Waals surface area contributed by atoms with Crippen molar-refractivity contribution in [2.24, 2.45) is 5.92 Å². The molecule has 24 heavy (non-hydrogen) atoms. The maximum absolute atomic E-state index is 12.4. The van der Waals surface area contributed by atoms with Crippen LogP contribution in [0.15, 0.2) is 41.8 Å². The SMILES string of the molecule is CC(=O)c1cc(CC(=O)NC(c2ccccc2)C2CC(O)C2)cs1. The van der Waals surface area contributed by atoms with Crippen molar-refractivity contribution >= 4 is 23.0 Å². The van der Waals surface area contributed by atoms with Gasteiger partial charge in [0.2, 0.25) is 5.91 Å². The van der Waals surface area contributed by atoms with Crippen molar-refractivity contribution < 1.29 is 14.7 Å². The van der Waals surface area contributed by atoms with Crippen LogP contribution < -0.4 is 5.32 Å². The quantitative estimate of drug-likeness (QED) is 0.792. The first kappa shape index (κ1) is 16.9. The number of hydrogen-bond acceptors (Lipinski definition) is 4. The Balaban J connectivity index is 1.67. The second-order valence-corrected chi connectivity index (χ2v) is 7.30. The minimum atomic E-state index is -0.256. The van der Waals surface area contributed by atoms with Crippen molar-refractivity contribution in [3.8, 4) is 0 Å². The lowest BCUT2D eigenvalue weighted by Crippen LogP contribution is -2.41. The van der Waals surface area contributed by atoms with Gasteiger partial charge in [-0.2, -0.15) is 0 Å². The van der Waals surface area contributed by atoms with Gasteiger partial charge in [0.15, 0.2) is 5.78 Å². The van der Waals surface area contributed by atoms with Crippen molar-refractivity contribution in [3.63, 3.8) is 0 Å². The molecule has 1 heterocycles. The highest BCUT2D eigenvalue weighted by atomic mass is 32.1. The number of carbonyl (C=O) groups excluding carboxylic acids is 2. The van der Waals surface area contributed by atoms with E-state index in [0.29, 0.717) is 17.7 Å². The van der Waals surface area contributed by atoms with E-state index in [4.69, 9.17) is 0 Å². The molecule has 1 fully saturated rings. The molecule has 1 aliphatic carbocycles. The predicted molar refractivity (Wildman–Crippen MR) is 94.1 cm³/mol. The van der Waals surface area contributed by atoms with Crippen LogP contribution in [0.2, 0.25) is 0 Å². The Morgan fingerprint density at radius 3 is 2.58 bits per heavy atom. The van der Waals surface area contributed by atoms with Gasteiger partial charge in [0, 0.05) is 0 Å². The standard InChI is InChI=1S/C19H21NO3S/c1-12(21)17-7-13(11-24-17)8-18(23)20-19(15-9-16(22)10-15)14-5-3-2-4-6-14/h2-7,11,15-16,19,22H,8-10H2,1H3,(H,20,23). The van der Waals surface area contributed by atoms with Crippen molar-refractivity contribution in [1.29, 1.82) is 0 Å². The summed E-state index contributed by atoms with van der Waals surface area (Å²) < 4.78 is 0. The highest BCUT2D eigenvalue weighted by molar-refractivity contribution is 7.12. The average molecular weight is 343 g/mol. The summed E-state index contributed by atoms with van der Waals surface area (Å²) in [5.41, 5.74) is 1.93. The number of aliphatic hydroxyl groups excluding tert-OH is 1. The summed E-state index contributed by atoms with van der Waals surface area (Å²) in [6, 6.07) is 11.6. The Morgan fingerprint density at radius 1 is 1.29 bits per heavy atom. The fourth-order valence-electron chi connectivity index (χ4n) is 3.10. The summed E-state index contributed by atoms with van der Waals surface area (Å²) in [5.74, 6) is 0.233. The Kier molecular flexibility index (Phi) is 5.11. The van der Waals surface area contributed by atoms with Gasteiger partial charge in [0.1, 0.15) is 0 Å². The van der Waals surface area contributed by atoms with Crippen molar-refractivity contribution in [2.45, 2.75) is 38.3 Å². The zero-order chi connectivity index (χ0) is 17.1. The molecule has 0 bridgehead atoms. The lowest BCUT2D eigenvalue weighted by molar-refractivity contribution is -0.122. The first-order valence-electron chi connectivity index (χ1n) is 8.13. The van der Waals surface area contributed by atoms with Crippen LogP contribution in [0, 0.1) is 5.92 Å². The molecule has 0 aliphatic heterocycles. The van der Waals surface area contributed by atoms with Gasteiger partial charge in [-0.05, 0) is 48.3 Å². The summed E-state index contributed by atoms with van der Waals surface area (Å²) in [5, 5.41) is 14.6. The van der Waals surface area contributed by atoms with Crippen LogP contribution in [0.4, 0.5) is 0 Å². The molecule has 1 aliphatic rings. The van der Waals surface area contributed by atoms with Gasteiger partial charge in [-0.3, -0.25) is 9.59 Å². The highest BCUT2D eigenvalue weighted by Gasteiger charge is 2.35. The molecule has 126 valence electrons. The molecular weight excluding hydrogens is 322 g/mol. The monoisotopic (exact) mass is 343 g/mol. The van der Waals surface area contributed by atoms with Crippen LogP contribution in [-0.4, -0.2) is 22.9 Å². The number of hydrogen-bond donors (Lipinski definition) is 2. The molecule has 4 nitrogen and oxygen atoms in total. The molecule has 0 spiro atoms. The molecule has 1 aromatic heterocycles. The Hall–Kier alpha value is -1.98. The van der Waals surface area contributed by atoms with Gasteiger partial charge in [-0.25, -0.2) is 0 Å². The van der Waals surface area contributed by atoms with Gasteiger partial charge in [-0.15, -0.1) is 11.3 Å². The van der Waals surface area contributed by atoms with E-state index in [0.717, 1.165) is 11.1 Å². The van der Waals surface area contributed by atoms with Gasteiger partial charge in [0.25, 0.3) is 0 Å². The summed E-state index contributed by atoms with van der Waals surface area (Å²) in [6.07, 6.45) is 1.44. The zero-order valence-corrected chi connectivity index (χ0v) is 14.4. The third-order valence-corrected chi connectivity index (χ3v) is 5.54. The van der Waals surface area contributed by atoms with E-state index >= 15 is 0 Å². The molecule has 0 saturated heterocycles. The van der Waals surface area contributed by atoms with E-state index < -0.39 is 0 Å². The molecule has 1 aromatic carbocycles. The Labute approximate surface area is 145 Å². The summed E-state index contributed by atoms with van der Waals surface area (Å²) in [7, 11) is 0. The van der Waals surface area contributed by atoms with Crippen molar-refractivity contribution in [3.05, 3.63) is 57.8 Å². The number of benzene rings is 1. The van der Waals surface area contributed by atoms with Crippen molar-refractivity contribution in [1.82, 2.24) is 5.32 Å². The van der Waals surface area contributed by atoms with Crippen LogP contribution >= 0.6 is 11.3 Å². The summed E-state index contributed by atoms with van der Waals surface area (Å²) in [6.45, 7) is 1.53. The summed E-state index contributed by atoms with van der Waals surface area (Å²) >= 11 is 1.37. The number of aliphatic hydroxyl groups is 1. The maximum Gasteiger partial charge on any atom is 0.224 e. The number of ketones is 1. The van der Waals surface area contributed by atoms with E-state index in [2.05, 4.69) is 5.32 Å². The molecule has 5 heteroatoms. The smallest absolute Gasteiger partial charge is 0.224 e. The average Bonchev–Trinajstić information content (AvgIpc) is 2.99. The zero-order valence-electron chi connectivity index (χ0n) is 13.6. The number of amides is 1. The first-order chi connectivity index (χ1) is 11.5. The summed E-state index contributed by atoms with van der Waals surface area (Å²) in [4.78, 5) is 24.5. The van der Waals surface area contributed by atoms with E-state index in [-0.39, 0.29) is 36.2 Å². The normalized spacial score (nSPS) is 20.9. The van der Waals surface area contributed by atoms with Crippen LogP contribution in [0.25, 0.3) is 0 Å². The molecule has 1 atom stereocenters. The van der Waals surface area contributed by atoms with E-state index in [1.807, 2.05) is 35.7 Å². The van der Waals surface area contributed by atoms with Crippen LogP contribution in [0.1, 0.15) is 46.6 Å². The number of rotatable bonds is 6. The lowest BCUT2D eigenvalue weighted by atomic mass is 9.75. The van der Waals surface area contributed by atoms with Gasteiger partial charge < -0.3 is 10.4 Å². The number of Topliss-reactive ketones (excluding diaryl/α,β-unsaturated/α-hetero) is 1. The fourth-order valence-corrected chi connectivity index (χ4v) is 3.91. The molecule has 2 N–H and O–H groups in total. The molecular formula is C19H21NO3S. The van der Waals surface area contributed by atoms with E-state index in [9.17, 15) is 14.7 Å². The topological polar surface area (TPSA) is 66.4 Å². The van der Waals surface area contributed by atoms with E-state index in [1.165, 1.54) is 18.3 Å². The molecule has 1 amide bonds. The van der Waals surface area contributed by atoms with Crippen LogP contribution in [0.5, 0.6) is 0 Å². The molecule has 1 unspecified atom stereocenters. The van der Waals surface area contributed by atoms with Gasteiger partial charge >= 0.3 is 0 Å². The fraction of sp³-hybridized carbons (Fsp3) is 0.368. The van der Waals surface area contributed by atoms with Gasteiger partial charge in [-0.1, -0.05) is 30.3 Å². The van der Waals surface area contributed by atoms with Crippen LogP contribution in [0.3, 0.4) is 0 Å². The minimum absolute atomic E-state index is 0.0253. The molecule has 1 saturated carbocycles. The van der Waals surface area contributed by atoms with Crippen molar-refractivity contribution in [2.75, 3.05) is 0 Å². The number of thiophene rings is 1. The second kappa shape index (κ2) is 7.28. The lowest BCUT2D eigenvalue weighted by Gasteiger charge is -2.38. The van der Waals surface area contributed by atoms with E-state index in [1.54, 1.807) is 6.07 Å². The third-order valence-electron chi connectivity index (χ3n) is 4.46. The first-order valence-corrected chi connectivity index (χ1v) is 9.01. The number of carbonyl (C=O) groups is 2. The molecule has 3 rings (SSSR count). The largest absolute Gasteiger partial charge is 0.393 e. The maximum atomic E-state index is 12.4. The second-order valence-electron chi connectivity index (χ2n) is 6.39. The Bertz CT molecular complexity index is 719. The number of nitrogens with one attached hydrogen (secondary N) is 1. The molecule has 2 aromatic rings. The van der Waals surface area contributed by atoms with Crippen LogP contribution in [-0.2, 0) is 11.2 Å². The predicted octanol–water partition coefficient (Wildman–Crippen LogP) is 3.12. The third kappa shape index (κ3) is 3.91. The highest BCUT2D eigenvalue weighted by Crippen LogP contribution is 2.38. The minimum Gasteiger partial charge on any atom is -0.393 e. The van der Waals surface area contributed by atoms with Gasteiger partial charge in [0.05, 0.1) is 23.4 Å². The Morgan fingerprint density at radius 2 is 2.00 bits per heavy atom. The molecule has 0 radical (unpaired) electrons.